The minimum atomic E-state index is -1.31. The second-order valence-electron chi connectivity index (χ2n) is 4.90. The predicted octanol–water partition coefficient (Wildman–Crippen LogP) is 4.04. The maximum absolute atomic E-state index is 4.55. The van der Waals surface area contributed by atoms with Gasteiger partial charge < -0.3 is 0 Å². The number of hydrogen-bond acceptors (Lipinski definition) is 2. The van der Waals surface area contributed by atoms with Crippen molar-refractivity contribution in [2.75, 3.05) is 0 Å². The molecule has 1 aromatic heterocycles. The van der Waals surface area contributed by atoms with E-state index in [4.69, 9.17) is 0 Å². The van der Waals surface area contributed by atoms with Gasteiger partial charge >= 0.3 is 0 Å². The Morgan fingerprint density at radius 3 is 2.47 bits per heavy atom. The van der Waals surface area contributed by atoms with Crippen LogP contribution in [0.2, 0.25) is 19.6 Å². The molecular weight excluding hydrogens is 242 g/mol. The van der Waals surface area contributed by atoms with E-state index < -0.39 is 8.07 Å². The second kappa shape index (κ2) is 4.87. The molecule has 1 heterocycles. The molecule has 0 saturated carbocycles. The normalized spacial score (nSPS) is 10.8. The van der Waals surface area contributed by atoms with E-state index in [-0.39, 0.29) is 0 Å². The molecule has 0 radical (unpaired) electrons. The summed E-state index contributed by atoms with van der Waals surface area (Å²) in [4.78, 5) is 4.55. The largest absolute Gasteiger partial charge is 0.228 e. The summed E-state index contributed by atoms with van der Waals surface area (Å²) < 4.78 is 0. The van der Waals surface area contributed by atoms with Crippen molar-refractivity contribution in [2.24, 2.45) is 0 Å². The molecule has 3 heteroatoms. The summed E-state index contributed by atoms with van der Waals surface area (Å²) in [6.07, 6.45) is 0. The number of aromatic nitrogens is 1. The lowest BCUT2D eigenvalue weighted by Crippen LogP contribution is -2.16. The molecule has 0 aliphatic heterocycles. The SMILES string of the molecule is C[Si](C)(C)C#Cc1csc(-c2ccccc2)n1. The van der Waals surface area contributed by atoms with Crippen LogP contribution in [0.25, 0.3) is 10.6 Å². The summed E-state index contributed by atoms with van der Waals surface area (Å²) >= 11 is 1.66. The molecule has 2 aromatic rings. The zero-order valence-electron chi connectivity index (χ0n) is 10.3. The first kappa shape index (κ1) is 12.1. The third kappa shape index (κ3) is 3.55. The van der Waals surface area contributed by atoms with Crippen molar-refractivity contribution < 1.29 is 0 Å². The van der Waals surface area contributed by atoms with E-state index in [0.717, 1.165) is 10.7 Å². The summed E-state index contributed by atoms with van der Waals surface area (Å²) in [5.74, 6) is 3.19. The van der Waals surface area contributed by atoms with Crippen LogP contribution in [0.3, 0.4) is 0 Å². The van der Waals surface area contributed by atoms with E-state index in [1.54, 1.807) is 11.3 Å². The Bertz CT molecular complexity index is 555. The van der Waals surface area contributed by atoms with Gasteiger partial charge in [0.05, 0.1) is 0 Å². The number of hydrogen-bond donors (Lipinski definition) is 0. The van der Waals surface area contributed by atoms with Crippen LogP contribution in [0, 0.1) is 11.5 Å². The first-order chi connectivity index (χ1) is 8.04. The third-order valence-electron chi connectivity index (χ3n) is 2.09. The average molecular weight is 257 g/mol. The van der Waals surface area contributed by atoms with E-state index in [1.165, 1.54) is 5.56 Å². The smallest absolute Gasteiger partial charge is 0.129 e. The lowest BCUT2D eigenvalue weighted by molar-refractivity contribution is 1.37. The van der Waals surface area contributed by atoms with Crippen LogP contribution in [0.15, 0.2) is 35.7 Å². The third-order valence-corrected chi connectivity index (χ3v) is 3.86. The highest BCUT2D eigenvalue weighted by molar-refractivity contribution is 7.13. The fourth-order valence-corrected chi connectivity index (χ4v) is 2.56. The van der Waals surface area contributed by atoms with Gasteiger partial charge in [0, 0.05) is 10.9 Å². The average Bonchev–Trinajstić information content (AvgIpc) is 2.75. The first-order valence-corrected chi connectivity index (χ1v) is 9.97. The molecule has 17 heavy (non-hydrogen) atoms. The van der Waals surface area contributed by atoms with Gasteiger partial charge in [-0.05, 0) is 0 Å². The number of benzene rings is 1. The Morgan fingerprint density at radius 2 is 1.82 bits per heavy atom. The molecule has 2 rings (SSSR count). The van der Waals surface area contributed by atoms with Crippen molar-refractivity contribution in [1.29, 1.82) is 0 Å². The van der Waals surface area contributed by atoms with E-state index >= 15 is 0 Å². The summed E-state index contributed by atoms with van der Waals surface area (Å²) in [7, 11) is -1.31. The monoisotopic (exact) mass is 257 g/mol. The molecule has 1 nitrogen and oxygen atoms in total. The summed E-state index contributed by atoms with van der Waals surface area (Å²) in [6, 6.07) is 10.2. The minimum Gasteiger partial charge on any atom is -0.228 e. The maximum Gasteiger partial charge on any atom is 0.129 e. The molecule has 0 bridgehead atoms. The summed E-state index contributed by atoms with van der Waals surface area (Å²) in [5, 5.41) is 3.08. The minimum absolute atomic E-state index is 0.899. The molecule has 0 aliphatic carbocycles. The van der Waals surface area contributed by atoms with Crippen molar-refractivity contribution in [2.45, 2.75) is 19.6 Å². The molecule has 0 spiro atoms. The highest BCUT2D eigenvalue weighted by Crippen LogP contribution is 2.22. The van der Waals surface area contributed by atoms with Crippen molar-refractivity contribution in [3.8, 4) is 22.0 Å². The fraction of sp³-hybridized carbons (Fsp3) is 0.214. The molecule has 0 fully saturated rings. The van der Waals surface area contributed by atoms with Gasteiger partial charge in [-0.2, -0.15) is 0 Å². The molecule has 0 atom stereocenters. The highest BCUT2D eigenvalue weighted by Gasteiger charge is 2.08. The van der Waals surface area contributed by atoms with Crippen LogP contribution < -0.4 is 0 Å². The van der Waals surface area contributed by atoms with E-state index in [0.29, 0.717) is 0 Å². The zero-order valence-corrected chi connectivity index (χ0v) is 12.1. The Labute approximate surface area is 108 Å². The number of nitrogens with zero attached hydrogens (tertiary/aromatic N) is 1. The van der Waals surface area contributed by atoms with Gasteiger partial charge in [0.25, 0.3) is 0 Å². The van der Waals surface area contributed by atoms with E-state index in [9.17, 15) is 0 Å². The lowest BCUT2D eigenvalue weighted by Gasteiger charge is -2.02. The quantitative estimate of drug-likeness (QED) is 0.555. The van der Waals surface area contributed by atoms with Gasteiger partial charge in [-0.25, -0.2) is 4.98 Å². The summed E-state index contributed by atoms with van der Waals surface area (Å²) in [5.41, 5.74) is 5.40. The Kier molecular flexibility index (Phi) is 3.46. The summed E-state index contributed by atoms with van der Waals surface area (Å²) in [6.45, 7) is 6.72. The predicted molar refractivity (Wildman–Crippen MR) is 77.8 cm³/mol. The van der Waals surface area contributed by atoms with Crippen molar-refractivity contribution >= 4 is 19.4 Å². The molecule has 0 saturated heterocycles. The molecule has 86 valence electrons. The molecule has 0 N–H and O–H groups in total. The lowest BCUT2D eigenvalue weighted by atomic mass is 10.2. The second-order valence-corrected chi connectivity index (χ2v) is 10.5. The Balaban J connectivity index is 2.25. The van der Waals surface area contributed by atoms with Gasteiger partial charge in [0.1, 0.15) is 18.8 Å². The molecule has 0 unspecified atom stereocenters. The van der Waals surface area contributed by atoms with Gasteiger partial charge in [-0.1, -0.05) is 55.9 Å². The van der Waals surface area contributed by atoms with Crippen LogP contribution in [0.4, 0.5) is 0 Å². The zero-order chi connectivity index (χ0) is 12.3. The van der Waals surface area contributed by atoms with Gasteiger partial charge in [-0.3, -0.25) is 0 Å². The van der Waals surface area contributed by atoms with Gasteiger partial charge in [0.2, 0.25) is 0 Å². The van der Waals surface area contributed by atoms with Crippen molar-refractivity contribution in [1.82, 2.24) is 4.98 Å². The van der Waals surface area contributed by atoms with Gasteiger partial charge in [0.15, 0.2) is 0 Å². The van der Waals surface area contributed by atoms with Crippen molar-refractivity contribution in [3.63, 3.8) is 0 Å². The maximum atomic E-state index is 4.55. The molecule has 0 aliphatic rings. The first-order valence-electron chi connectivity index (χ1n) is 5.59. The molecular formula is C14H15NSSi. The van der Waals surface area contributed by atoms with Crippen LogP contribution in [-0.2, 0) is 0 Å². The Hall–Kier alpha value is -1.37. The number of rotatable bonds is 1. The van der Waals surface area contributed by atoms with Crippen LogP contribution >= 0.6 is 11.3 Å². The fourth-order valence-electron chi connectivity index (χ4n) is 1.30. The van der Waals surface area contributed by atoms with Gasteiger partial charge in [-0.15, -0.1) is 16.9 Å². The van der Waals surface area contributed by atoms with Crippen LogP contribution in [0.5, 0.6) is 0 Å². The highest BCUT2D eigenvalue weighted by atomic mass is 32.1. The molecule has 0 amide bonds. The number of thiazole rings is 1. The van der Waals surface area contributed by atoms with E-state index in [2.05, 4.69) is 48.2 Å². The topological polar surface area (TPSA) is 12.9 Å². The van der Waals surface area contributed by atoms with Crippen LogP contribution in [0.1, 0.15) is 5.69 Å². The van der Waals surface area contributed by atoms with Crippen LogP contribution in [-0.4, -0.2) is 13.1 Å². The van der Waals surface area contributed by atoms with Crippen molar-refractivity contribution in [3.05, 3.63) is 41.4 Å². The standard InChI is InChI=1S/C14H15NSSi/c1-17(2,3)10-9-13-11-16-14(15-13)12-7-5-4-6-8-12/h4-8,11H,1-3H3. The molecule has 1 aromatic carbocycles. The Morgan fingerprint density at radius 1 is 1.12 bits per heavy atom. The van der Waals surface area contributed by atoms with E-state index in [1.807, 2.05) is 23.6 Å².